The van der Waals surface area contributed by atoms with Gasteiger partial charge in [-0.15, -0.1) is 11.3 Å². The summed E-state index contributed by atoms with van der Waals surface area (Å²) in [5.41, 5.74) is 6.01. The van der Waals surface area contributed by atoms with Crippen LogP contribution in [0.1, 0.15) is 42.0 Å². The van der Waals surface area contributed by atoms with Gasteiger partial charge in [-0.3, -0.25) is 4.90 Å². The van der Waals surface area contributed by atoms with Crippen molar-refractivity contribution in [3.8, 4) is 0 Å². The third-order valence-electron chi connectivity index (χ3n) is 3.33. The lowest BCUT2D eigenvalue weighted by atomic mass is 10.2. The predicted molar refractivity (Wildman–Crippen MR) is 78.6 cm³/mol. The van der Waals surface area contributed by atoms with Crippen LogP contribution in [0.4, 0.5) is 0 Å². The number of nitrogens with zero attached hydrogens (tertiary/aromatic N) is 1. The minimum atomic E-state index is 0.414. The summed E-state index contributed by atoms with van der Waals surface area (Å²) in [6, 6.07) is 3.45. The molecule has 1 aliphatic rings. The van der Waals surface area contributed by atoms with Gasteiger partial charge in [0.2, 0.25) is 0 Å². The SMILES string of the molecule is CCCN(C1CC1)C(CN)c1cc(Br)c(C)s1. The van der Waals surface area contributed by atoms with Crippen LogP contribution in [0, 0.1) is 6.92 Å². The zero-order valence-corrected chi connectivity index (χ0v) is 13.0. The topological polar surface area (TPSA) is 29.3 Å². The van der Waals surface area contributed by atoms with Gasteiger partial charge in [0.25, 0.3) is 0 Å². The summed E-state index contributed by atoms with van der Waals surface area (Å²) in [4.78, 5) is 5.38. The average molecular weight is 317 g/mol. The molecule has 0 aromatic carbocycles. The maximum Gasteiger partial charge on any atom is 0.0567 e. The lowest BCUT2D eigenvalue weighted by Crippen LogP contribution is -2.35. The van der Waals surface area contributed by atoms with Crippen LogP contribution < -0.4 is 5.73 Å². The molecule has 1 aromatic heterocycles. The molecule has 1 fully saturated rings. The second-order valence-electron chi connectivity index (χ2n) is 4.77. The molecule has 96 valence electrons. The first-order valence-corrected chi connectivity index (χ1v) is 8.00. The van der Waals surface area contributed by atoms with Crippen molar-refractivity contribution in [2.75, 3.05) is 13.1 Å². The molecule has 1 aromatic rings. The molecule has 0 aliphatic heterocycles. The number of aryl methyl sites for hydroxylation is 1. The van der Waals surface area contributed by atoms with E-state index in [1.807, 2.05) is 11.3 Å². The number of nitrogens with two attached hydrogens (primary N) is 1. The Bertz CT molecular complexity index is 354. The zero-order chi connectivity index (χ0) is 12.4. The van der Waals surface area contributed by atoms with Gasteiger partial charge in [0.15, 0.2) is 0 Å². The summed E-state index contributed by atoms with van der Waals surface area (Å²) in [7, 11) is 0. The minimum Gasteiger partial charge on any atom is -0.329 e. The van der Waals surface area contributed by atoms with E-state index in [2.05, 4.69) is 40.7 Å². The summed E-state index contributed by atoms with van der Waals surface area (Å²) in [6.07, 6.45) is 3.91. The van der Waals surface area contributed by atoms with E-state index >= 15 is 0 Å². The minimum absolute atomic E-state index is 0.414. The standard InChI is InChI=1S/C13H21BrN2S/c1-3-6-16(10-4-5-10)12(8-15)13-7-11(14)9(2)17-13/h7,10,12H,3-6,8,15H2,1-2H3. The molecule has 0 amide bonds. The Balaban J connectivity index is 2.18. The molecule has 17 heavy (non-hydrogen) atoms. The summed E-state index contributed by atoms with van der Waals surface area (Å²) >= 11 is 5.48. The monoisotopic (exact) mass is 316 g/mol. The van der Waals surface area contributed by atoms with E-state index in [9.17, 15) is 0 Å². The smallest absolute Gasteiger partial charge is 0.0567 e. The van der Waals surface area contributed by atoms with Crippen molar-refractivity contribution in [2.45, 2.75) is 45.2 Å². The molecule has 4 heteroatoms. The first kappa shape index (κ1) is 13.5. The Hall–Kier alpha value is 0.1000. The van der Waals surface area contributed by atoms with Crippen LogP contribution in [0.15, 0.2) is 10.5 Å². The van der Waals surface area contributed by atoms with Crippen LogP contribution in [0.2, 0.25) is 0 Å². The fourth-order valence-corrected chi connectivity index (χ4v) is 4.01. The van der Waals surface area contributed by atoms with Gasteiger partial charge in [0.1, 0.15) is 0 Å². The fourth-order valence-electron chi connectivity index (χ4n) is 2.32. The molecule has 1 saturated carbocycles. The molecule has 0 bridgehead atoms. The van der Waals surface area contributed by atoms with E-state index in [1.165, 1.54) is 40.0 Å². The van der Waals surface area contributed by atoms with Gasteiger partial charge < -0.3 is 5.73 Å². The maximum atomic E-state index is 6.01. The molecule has 2 rings (SSSR count). The van der Waals surface area contributed by atoms with Crippen molar-refractivity contribution in [1.82, 2.24) is 4.90 Å². The molecule has 2 N–H and O–H groups in total. The summed E-state index contributed by atoms with van der Waals surface area (Å²) < 4.78 is 1.23. The van der Waals surface area contributed by atoms with Gasteiger partial charge in [-0.25, -0.2) is 0 Å². The number of hydrogen-bond acceptors (Lipinski definition) is 3. The van der Waals surface area contributed by atoms with Gasteiger partial charge >= 0.3 is 0 Å². The zero-order valence-electron chi connectivity index (χ0n) is 10.6. The van der Waals surface area contributed by atoms with Gasteiger partial charge in [0.05, 0.1) is 6.04 Å². The van der Waals surface area contributed by atoms with Crippen LogP contribution >= 0.6 is 27.3 Å². The number of thiophene rings is 1. The maximum absolute atomic E-state index is 6.01. The van der Waals surface area contributed by atoms with Gasteiger partial charge in [0, 0.05) is 26.8 Å². The van der Waals surface area contributed by atoms with E-state index < -0.39 is 0 Å². The highest BCUT2D eigenvalue weighted by Gasteiger charge is 2.34. The highest BCUT2D eigenvalue weighted by atomic mass is 79.9. The molecule has 1 unspecified atom stereocenters. The molecule has 0 radical (unpaired) electrons. The lowest BCUT2D eigenvalue weighted by molar-refractivity contribution is 0.194. The van der Waals surface area contributed by atoms with Crippen LogP contribution in [0.3, 0.4) is 0 Å². The fraction of sp³-hybridized carbons (Fsp3) is 0.692. The van der Waals surface area contributed by atoms with Crippen LogP contribution in [0.5, 0.6) is 0 Å². The van der Waals surface area contributed by atoms with Gasteiger partial charge in [-0.1, -0.05) is 6.92 Å². The van der Waals surface area contributed by atoms with E-state index in [0.717, 1.165) is 12.6 Å². The largest absolute Gasteiger partial charge is 0.329 e. The summed E-state index contributed by atoms with van der Waals surface area (Å²) in [5, 5.41) is 0. The van der Waals surface area contributed by atoms with Crippen molar-refractivity contribution in [2.24, 2.45) is 5.73 Å². The first-order valence-electron chi connectivity index (χ1n) is 6.39. The van der Waals surface area contributed by atoms with Crippen LogP contribution in [-0.4, -0.2) is 24.0 Å². The molecule has 0 saturated heterocycles. The van der Waals surface area contributed by atoms with E-state index in [0.29, 0.717) is 6.04 Å². The molecule has 2 nitrogen and oxygen atoms in total. The quantitative estimate of drug-likeness (QED) is 0.867. The molecular formula is C13H21BrN2S. The first-order chi connectivity index (χ1) is 8.17. The second kappa shape index (κ2) is 5.83. The Labute approximate surface area is 116 Å². The molecule has 1 heterocycles. The number of hydrogen-bond donors (Lipinski definition) is 1. The van der Waals surface area contributed by atoms with E-state index in [4.69, 9.17) is 5.73 Å². The Morgan fingerprint density at radius 1 is 1.59 bits per heavy atom. The Morgan fingerprint density at radius 2 is 2.29 bits per heavy atom. The average Bonchev–Trinajstić information content (AvgIpc) is 3.07. The Morgan fingerprint density at radius 3 is 2.71 bits per heavy atom. The summed E-state index contributed by atoms with van der Waals surface area (Å²) in [6.45, 7) is 6.30. The second-order valence-corrected chi connectivity index (χ2v) is 6.92. The highest BCUT2D eigenvalue weighted by Crippen LogP contribution is 2.38. The molecule has 1 atom stereocenters. The van der Waals surface area contributed by atoms with E-state index in [1.54, 1.807) is 0 Å². The third-order valence-corrected chi connectivity index (χ3v) is 5.56. The molecular weight excluding hydrogens is 296 g/mol. The third kappa shape index (κ3) is 3.11. The summed E-state index contributed by atoms with van der Waals surface area (Å²) in [5.74, 6) is 0. The highest BCUT2D eigenvalue weighted by molar-refractivity contribution is 9.10. The van der Waals surface area contributed by atoms with Gasteiger partial charge in [-0.05, 0) is 54.7 Å². The number of halogens is 1. The van der Waals surface area contributed by atoms with Gasteiger partial charge in [-0.2, -0.15) is 0 Å². The van der Waals surface area contributed by atoms with Crippen LogP contribution in [0.25, 0.3) is 0 Å². The predicted octanol–water partition coefficient (Wildman–Crippen LogP) is 3.69. The Kier molecular flexibility index (Phi) is 4.64. The van der Waals surface area contributed by atoms with Crippen LogP contribution in [-0.2, 0) is 0 Å². The molecule has 0 spiro atoms. The van der Waals surface area contributed by atoms with Crippen molar-refractivity contribution < 1.29 is 0 Å². The normalized spacial score (nSPS) is 17.7. The van der Waals surface area contributed by atoms with E-state index in [-0.39, 0.29) is 0 Å². The lowest BCUT2D eigenvalue weighted by Gasteiger charge is -2.30. The molecule has 1 aliphatic carbocycles. The number of rotatable bonds is 6. The van der Waals surface area contributed by atoms with Crippen molar-refractivity contribution in [1.29, 1.82) is 0 Å². The van der Waals surface area contributed by atoms with Crippen molar-refractivity contribution >= 4 is 27.3 Å². The van der Waals surface area contributed by atoms with Crippen molar-refractivity contribution in [3.05, 3.63) is 20.3 Å². The van der Waals surface area contributed by atoms with Crippen molar-refractivity contribution in [3.63, 3.8) is 0 Å².